The number of carbonyl (C=O) groups excluding carboxylic acids is 1. The number of aryl methyl sites for hydroxylation is 1. The highest BCUT2D eigenvalue weighted by Gasteiger charge is 2.27. The minimum Gasteiger partial charge on any atom is -0.335 e. The van der Waals surface area contributed by atoms with Gasteiger partial charge in [0.2, 0.25) is 0 Å². The lowest BCUT2D eigenvalue weighted by Crippen LogP contribution is -2.48. The van der Waals surface area contributed by atoms with Crippen molar-refractivity contribution in [2.75, 3.05) is 26.2 Å². The van der Waals surface area contributed by atoms with Gasteiger partial charge >= 0.3 is 0 Å². The number of carbonyl (C=O) groups is 1. The second-order valence-corrected chi connectivity index (χ2v) is 6.82. The topological polar surface area (TPSA) is 41.4 Å². The van der Waals surface area contributed by atoms with Crippen LogP contribution in [0.2, 0.25) is 10.0 Å². The summed E-state index contributed by atoms with van der Waals surface area (Å²) < 4.78 is 1.64. The van der Waals surface area contributed by atoms with E-state index in [1.165, 1.54) is 0 Å². The van der Waals surface area contributed by atoms with Crippen LogP contribution >= 0.6 is 23.2 Å². The highest BCUT2D eigenvalue weighted by molar-refractivity contribution is 6.34. The zero-order valence-electron chi connectivity index (χ0n) is 13.8. The van der Waals surface area contributed by atoms with Crippen molar-refractivity contribution in [1.29, 1.82) is 0 Å². The van der Waals surface area contributed by atoms with Gasteiger partial charge in [-0.15, -0.1) is 0 Å². The molecule has 2 aromatic rings. The van der Waals surface area contributed by atoms with Gasteiger partial charge in [-0.2, -0.15) is 5.10 Å². The second-order valence-electron chi connectivity index (χ2n) is 6.03. The Morgan fingerprint density at radius 3 is 2.42 bits per heavy atom. The van der Waals surface area contributed by atoms with Crippen molar-refractivity contribution >= 4 is 29.1 Å². The smallest absolute Gasteiger partial charge is 0.276 e. The largest absolute Gasteiger partial charge is 0.335 e. The summed E-state index contributed by atoms with van der Waals surface area (Å²) in [6.07, 6.45) is 0. The lowest BCUT2D eigenvalue weighted by atomic mass is 10.2. The Balaban J connectivity index is 1.61. The number of aromatic nitrogens is 2. The van der Waals surface area contributed by atoms with Crippen LogP contribution in [0.25, 0.3) is 0 Å². The average molecular weight is 367 g/mol. The molecule has 1 amide bonds. The molecule has 7 heteroatoms. The van der Waals surface area contributed by atoms with Crippen molar-refractivity contribution < 1.29 is 4.79 Å². The Morgan fingerprint density at radius 1 is 1.17 bits per heavy atom. The van der Waals surface area contributed by atoms with Gasteiger partial charge in [0.1, 0.15) is 0 Å². The minimum absolute atomic E-state index is 0.0962. The summed E-state index contributed by atoms with van der Waals surface area (Å²) >= 11 is 12.4. The molecule has 0 aliphatic carbocycles. The van der Waals surface area contributed by atoms with Crippen molar-refractivity contribution in [3.63, 3.8) is 0 Å². The average Bonchev–Trinajstić information content (AvgIpc) is 2.84. The van der Waals surface area contributed by atoms with Gasteiger partial charge in [0.25, 0.3) is 5.91 Å². The molecule has 0 spiro atoms. The van der Waals surface area contributed by atoms with Gasteiger partial charge < -0.3 is 4.90 Å². The molecule has 128 valence electrons. The molecule has 1 saturated heterocycles. The van der Waals surface area contributed by atoms with E-state index in [9.17, 15) is 4.79 Å². The maximum absolute atomic E-state index is 12.6. The summed E-state index contributed by atoms with van der Waals surface area (Å²) in [6, 6.07) is 7.87. The van der Waals surface area contributed by atoms with Crippen LogP contribution in [0.3, 0.4) is 0 Å². The molecular formula is C17H20Cl2N4O. The fourth-order valence-electron chi connectivity index (χ4n) is 2.85. The summed E-state index contributed by atoms with van der Waals surface area (Å²) in [5.41, 5.74) is 2.26. The predicted molar refractivity (Wildman–Crippen MR) is 95.6 cm³/mol. The summed E-state index contributed by atoms with van der Waals surface area (Å²) in [5.74, 6) is -0.0962. The zero-order chi connectivity index (χ0) is 17.3. The Labute approximate surface area is 151 Å². The number of nitrogens with zero attached hydrogens (tertiary/aromatic N) is 4. The van der Waals surface area contributed by atoms with Gasteiger partial charge in [-0.3, -0.25) is 14.4 Å². The van der Waals surface area contributed by atoms with Crippen LogP contribution in [0.1, 0.15) is 21.7 Å². The van der Waals surface area contributed by atoms with E-state index in [1.54, 1.807) is 11.7 Å². The molecule has 0 radical (unpaired) electrons. The fourth-order valence-corrected chi connectivity index (χ4v) is 3.28. The SMILES string of the molecule is Cc1c(Cl)c(C(=O)N2CCN(Cc3ccccc3Cl)CC2)nn1C. The molecule has 0 atom stereocenters. The van der Waals surface area contributed by atoms with E-state index in [4.69, 9.17) is 23.2 Å². The molecular weight excluding hydrogens is 347 g/mol. The van der Waals surface area contributed by atoms with Crippen LogP contribution < -0.4 is 0 Å². The number of halogens is 2. The third-order valence-electron chi connectivity index (χ3n) is 4.47. The first-order valence-corrected chi connectivity index (χ1v) is 8.67. The third-order valence-corrected chi connectivity index (χ3v) is 5.30. The quantitative estimate of drug-likeness (QED) is 0.838. The lowest BCUT2D eigenvalue weighted by molar-refractivity contribution is 0.0622. The first-order valence-electron chi connectivity index (χ1n) is 7.91. The summed E-state index contributed by atoms with van der Waals surface area (Å²) in [7, 11) is 1.79. The van der Waals surface area contributed by atoms with E-state index in [0.717, 1.165) is 35.9 Å². The number of amides is 1. The van der Waals surface area contributed by atoms with E-state index in [2.05, 4.69) is 10.00 Å². The molecule has 1 aromatic carbocycles. The van der Waals surface area contributed by atoms with Crippen molar-refractivity contribution in [1.82, 2.24) is 19.6 Å². The van der Waals surface area contributed by atoms with E-state index in [-0.39, 0.29) is 5.91 Å². The van der Waals surface area contributed by atoms with Crippen LogP contribution in [0.5, 0.6) is 0 Å². The Kier molecular flexibility index (Phi) is 5.13. The molecule has 24 heavy (non-hydrogen) atoms. The Hall–Kier alpha value is -1.56. The van der Waals surface area contributed by atoms with Crippen molar-refractivity contribution in [3.8, 4) is 0 Å². The normalized spacial score (nSPS) is 15.8. The highest BCUT2D eigenvalue weighted by atomic mass is 35.5. The number of benzene rings is 1. The van der Waals surface area contributed by atoms with Gasteiger partial charge in [-0.05, 0) is 18.6 Å². The zero-order valence-corrected chi connectivity index (χ0v) is 15.3. The van der Waals surface area contributed by atoms with E-state index < -0.39 is 0 Å². The summed E-state index contributed by atoms with van der Waals surface area (Å²) in [4.78, 5) is 16.7. The molecule has 0 N–H and O–H groups in total. The molecule has 1 fully saturated rings. The second kappa shape index (κ2) is 7.13. The van der Waals surface area contributed by atoms with Crippen LogP contribution in [0.4, 0.5) is 0 Å². The van der Waals surface area contributed by atoms with E-state index in [1.807, 2.05) is 36.1 Å². The standard InChI is InChI=1S/C17H20Cl2N4O/c1-12-15(19)16(20-21(12)2)17(24)23-9-7-22(8-10-23)11-13-5-3-4-6-14(13)18/h3-6H,7-11H2,1-2H3. The van der Waals surface area contributed by atoms with Gasteiger partial charge in [0.05, 0.1) is 10.7 Å². The first-order chi connectivity index (χ1) is 11.5. The van der Waals surface area contributed by atoms with Crippen molar-refractivity contribution in [2.24, 2.45) is 7.05 Å². The van der Waals surface area contributed by atoms with Crippen LogP contribution in [0.15, 0.2) is 24.3 Å². The van der Waals surface area contributed by atoms with Crippen LogP contribution in [0, 0.1) is 6.92 Å². The van der Waals surface area contributed by atoms with Crippen LogP contribution in [-0.4, -0.2) is 51.7 Å². The number of rotatable bonds is 3. The minimum atomic E-state index is -0.0962. The Morgan fingerprint density at radius 2 is 1.83 bits per heavy atom. The Bertz CT molecular complexity index is 751. The predicted octanol–water partition coefficient (Wildman–Crippen LogP) is 2.99. The molecule has 2 heterocycles. The molecule has 0 bridgehead atoms. The van der Waals surface area contributed by atoms with E-state index in [0.29, 0.717) is 23.8 Å². The summed E-state index contributed by atoms with van der Waals surface area (Å²) in [5, 5.41) is 5.48. The number of hydrogen-bond acceptors (Lipinski definition) is 3. The molecule has 0 saturated carbocycles. The highest BCUT2D eigenvalue weighted by Crippen LogP contribution is 2.22. The van der Waals surface area contributed by atoms with Gasteiger partial charge in [0, 0.05) is 44.8 Å². The lowest BCUT2D eigenvalue weighted by Gasteiger charge is -2.34. The third kappa shape index (κ3) is 3.43. The van der Waals surface area contributed by atoms with Gasteiger partial charge in [-0.1, -0.05) is 41.4 Å². The first kappa shape index (κ1) is 17.3. The maximum atomic E-state index is 12.6. The fraction of sp³-hybridized carbons (Fsp3) is 0.412. The van der Waals surface area contributed by atoms with Crippen molar-refractivity contribution in [3.05, 3.63) is 51.3 Å². The number of hydrogen-bond donors (Lipinski definition) is 0. The molecule has 1 aliphatic heterocycles. The monoisotopic (exact) mass is 366 g/mol. The number of piperazine rings is 1. The molecule has 0 unspecified atom stereocenters. The summed E-state index contributed by atoms with van der Waals surface area (Å²) in [6.45, 7) is 5.59. The van der Waals surface area contributed by atoms with Gasteiger partial charge in [0.15, 0.2) is 5.69 Å². The van der Waals surface area contributed by atoms with Gasteiger partial charge in [-0.25, -0.2) is 0 Å². The molecule has 5 nitrogen and oxygen atoms in total. The van der Waals surface area contributed by atoms with E-state index >= 15 is 0 Å². The molecule has 3 rings (SSSR count). The molecule has 1 aromatic heterocycles. The maximum Gasteiger partial charge on any atom is 0.276 e. The molecule has 1 aliphatic rings. The van der Waals surface area contributed by atoms with Crippen LogP contribution in [-0.2, 0) is 13.6 Å². The van der Waals surface area contributed by atoms with Crippen molar-refractivity contribution in [2.45, 2.75) is 13.5 Å².